The summed E-state index contributed by atoms with van der Waals surface area (Å²) in [6.07, 6.45) is 1.47. The quantitative estimate of drug-likeness (QED) is 0.335. The van der Waals surface area contributed by atoms with E-state index in [-0.39, 0.29) is 5.69 Å². The van der Waals surface area contributed by atoms with Crippen LogP contribution in [0.1, 0.15) is 17.0 Å². The van der Waals surface area contributed by atoms with Crippen LogP contribution in [-0.2, 0) is 9.59 Å². The number of aryl methyl sites for hydroxylation is 1. The van der Waals surface area contributed by atoms with E-state index in [0.717, 1.165) is 22.6 Å². The lowest BCUT2D eigenvalue weighted by Crippen LogP contribution is -2.32. The van der Waals surface area contributed by atoms with Gasteiger partial charge in [-0.05, 0) is 50.2 Å². The summed E-state index contributed by atoms with van der Waals surface area (Å²) in [5.41, 5.74) is 5.95. The second-order valence-electron chi connectivity index (χ2n) is 6.61. The van der Waals surface area contributed by atoms with Gasteiger partial charge in [0, 0.05) is 22.0 Å². The van der Waals surface area contributed by atoms with E-state index in [2.05, 4.69) is 15.8 Å². The number of aromatic nitrogens is 1. The van der Waals surface area contributed by atoms with Crippen molar-refractivity contribution in [2.75, 3.05) is 12.4 Å². The molecular weight excluding hydrogens is 439 g/mol. The molecule has 0 fully saturated rings. The van der Waals surface area contributed by atoms with Gasteiger partial charge < -0.3 is 14.6 Å². The number of methoxy groups -OCH3 is 1. The Kier molecular flexibility index (Phi) is 6.99. The molecule has 0 aliphatic rings. The van der Waals surface area contributed by atoms with E-state index in [1.165, 1.54) is 19.4 Å². The number of para-hydroxylation sites is 1. The molecule has 0 aliphatic carbocycles. The van der Waals surface area contributed by atoms with Crippen LogP contribution in [0.2, 0.25) is 10.0 Å². The van der Waals surface area contributed by atoms with E-state index >= 15 is 0 Å². The second-order valence-corrected chi connectivity index (χ2v) is 7.45. The molecule has 31 heavy (non-hydrogen) atoms. The topological polar surface area (TPSA) is 84.7 Å². The third kappa shape index (κ3) is 5.07. The SMILES string of the molecule is COc1ccc(Cl)cc1NC(=O)C(=O)N/N=C\c1cc(C)n(-c2ccccc2Cl)c1C. The third-order valence-electron chi connectivity index (χ3n) is 4.55. The van der Waals surface area contributed by atoms with Crippen molar-refractivity contribution in [2.45, 2.75) is 13.8 Å². The number of ether oxygens (including phenoxy) is 1. The number of amides is 2. The van der Waals surface area contributed by atoms with Crippen molar-refractivity contribution in [2.24, 2.45) is 5.10 Å². The fourth-order valence-electron chi connectivity index (χ4n) is 3.09. The van der Waals surface area contributed by atoms with Gasteiger partial charge in [-0.2, -0.15) is 5.10 Å². The lowest BCUT2D eigenvalue weighted by Gasteiger charge is -2.11. The Morgan fingerprint density at radius 1 is 1.06 bits per heavy atom. The van der Waals surface area contributed by atoms with Crippen molar-refractivity contribution in [3.05, 3.63) is 75.5 Å². The van der Waals surface area contributed by atoms with Crippen LogP contribution in [0, 0.1) is 13.8 Å². The smallest absolute Gasteiger partial charge is 0.329 e. The largest absolute Gasteiger partial charge is 0.495 e. The van der Waals surface area contributed by atoms with Gasteiger partial charge in [-0.15, -0.1) is 0 Å². The fraction of sp³-hybridized carbons (Fsp3) is 0.136. The first-order chi connectivity index (χ1) is 14.8. The molecule has 9 heteroatoms. The van der Waals surface area contributed by atoms with Crippen molar-refractivity contribution in [1.29, 1.82) is 0 Å². The summed E-state index contributed by atoms with van der Waals surface area (Å²) in [4.78, 5) is 24.3. The van der Waals surface area contributed by atoms with E-state index < -0.39 is 11.8 Å². The maximum Gasteiger partial charge on any atom is 0.329 e. The normalized spacial score (nSPS) is 10.9. The molecule has 2 N–H and O–H groups in total. The van der Waals surface area contributed by atoms with Crippen molar-refractivity contribution in [3.63, 3.8) is 0 Å². The number of halogens is 2. The van der Waals surface area contributed by atoms with Gasteiger partial charge >= 0.3 is 11.8 Å². The van der Waals surface area contributed by atoms with E-state index in [4.69, 9.17) is 27.9 Å². The molecule has 1 heterocycles. The Hall–Kier alpha value is -3.29. The number of rotatable bonds is 5. The average Bonchev–Trinajstić information content (AvgIpc) is 3.01. The predicted octanol–water partition coefficient (Wildman–Crippen LogP) is 4.50. The van der Waals surface area contributed by atoms with Crippen LogP contribution < -0.4 is 15.5 Å². The minimum Gasteiger partial charge on any atom is -0.495 e. The van der Waals surface area contributed by atoms with E-state index in [1.54, 1.807) is 12.1 Å². The van der Waals surface area contributed by atoms with Crippen molar-refractivity contribution in [3.8, 4) is 11.4 Å². The number of benzene rings is 2. The van der Waals surface area contributed by atoms with E-state index in [9.17, 15) is 9.59 Å². The zero-order valence-electron chi connectivity index (χ0n) is 17.1. The summed E-state index contributed by atoms with van der Waals surface area (Å²) in [7, 11) is 1.45. The molecule has 0 spiro atoms. The molecule has 0 saturated carbocycles. The van der Waals surface area contributed by atoms with Crippen LogP contribution >= 0.6 is 23.2 Å². The van der Waals surface area contributed by atoms with Gasteiger partial charge in [-0.1, -0.05) is 35.3 Å². The summed E-state index contributed by atoms with van der Waals surface area (Å²) in [5, 5.41) is 7.37. The predicted molar refractivity (Wildman–Crippen MR) is 123 cm³/mol. The summed E-state index contributed by atoms with van der Waals surface area (Å²) >= 11 is 12.2. The van der Waals surface area contributed by atoms with Crippen LogP contribution in [-0.4, -0.2) is 29.7 Å². The molecule has 3 aromatic rings. The third-order valence-corrected chi connectivity index (χ3v) is 5.10. The first-order valence-corrected chi connectivity index (χ1v) is 9.99. The average molecular weight is 459 g/mol. The number of hydrogen-bond acceptors (Lipinski definition) is 4. The molecule has 0 aliphatic heterocycles. The highest BCUT2D eigenvalue weighted by molar-refractivity contribution is 6.40. The second kappa shape index (κ2) is 9.68. The molecule has 2 amide bonds. The first-order valence-electron chi connectivity index (χ1n) is 9.23. The van der Waals surface area contributed by atoms with Crippen molar-refractivity contribution < 1.29 is 14.3 Å². The highest BCUT2D eigenvalue weighted by Crippen LogP contribution is 2.28. The summed E-state index contributed by atoms with van der Waals surface area (Å²) < 4.78 is 7.13. The summed E-state index contributed by atoms with van der Waals surface area (Å²) in [6.45, 7) is 3.86. The minimum absolute atomic E-state index is 0.280. The molecule has 0 saturated heterocycles. The van der Waals surface area contributed by atoms with Gasteiger partial charge in [0.05, 0.1) is 29.7 Å². The van der Waals surface area contributed by atoms with Gasteiger partial charge in [0.15, 0.2) is 0 Å². The standard InChI is InChI=1S/C22H20Cl2N4O3/c1-13-10-15(14(2)28(13)19-7-5-4-6-17(19)24)12-25-27-22(30)21(29)26-18-11-16(23)8-9-20(18)31-3/h4-12H,1-3H3,(H,26,29)(H,27,30)/b25-12-. The Labute approximate surface area is 189 Å². The van der Waals surface area contributed by atoms with Crippen LogP contribution in [0.3, 0.4) is 0 Å². The maximum atomic E-state index is 12.2. The van der Waals surface area contributed by atoms with Gasteiger partial charge in [0.1, 0.15) is 5.75 Å². The zero-order valence-corrected chi connectivity index (χ0v) is 18.6. The maximum absolute atomic E-state index is 12.2. The first kappa shape index (κ1) is 22.4. The number of carbonyl (C=O) groups is 2. The Bertz CT molecular complexity index is 1170. The molecule has 7 nitrogen and oxygen atoms in total. The Morgan fingerprint density at radius 3 is 2.52 bits per heavy atom. The van der Waals surface area contributed by atoms with Crippen LogP contribution in [0.15, 0.2) is 53.6 Å². The minimum atomic E-state index is -0.932. The van der Waals surface area contributed by atoms with E-state index in [1.807, 2.05) is 48.7 Å². The van der Waals surface area contributed by atoms with Crippen molar-refractivity contribution >= 4 is 46.9 Å². The van der Waals surface area contributed by atoms with Crippen LogP contribution in [0.5, 0.6) is 5.75 Å². The molecule has 0 radical (unpaired) electrons. The Morgan fingerprint density at radius 2 is 1.81 bits per heavy atom. The molecule has 0 atom stereocenters. The highest BCUT2D eigenvalue weighted by atomic mass is 35.5. The molecule has 1 aromatic heterocycles. The lowest BCUT2D eigenvalue weighted by atomic mass is 10.2. The molecule has 0 unspecified atom stereocenters. The number of hydrazone groups is 1. The summed E-state index contributed by atoms with van der Waals surface area (Å²) in [5.74, 6) is -1.46. The molecule has 160 valence electrons. The van der Waals surface area contributed by atoms with Gasteiger partial charge in [-0.3, -0.25) is 9.59 Å². The van der Waals surface area contributed by atoms with Gasteiger partial charge in [-0.25, -0.2) is 5.43 Å². The molecule has 3 rings (SSSR count). The number of carbonyl (C=O) groups excluding carboxylic acids is 2. The van der Waals surface area contributed by atoms with Gasteiger partial charge in [0.25, 0.3) is 0 Å². The monoisotopic (exact) mass is 458 g/mol. The molecular formula is C22H20Cl2N4O3. The number of nitrogens with zero attached hydrogens (tertiary/aromatic N) is 2. The molecule has 2 aromatic carbocycles. The zero-order chi connectivity index (χ0) is 22.5. The number of hydrogen-bond donors (Lipinski definition) is 2. The van der Waals surface area contributed by atoms with Crippen molar-refractivity contribution in [1.82, 2.24) is 9.99 Å². The number of nitrogens with one attached hydrogen (secondary N) is 2. The number of anilines is 1. The van der Waals surface area contributed by atoms with Crippen LogP contribution in [0.25, 0.3) is 5.69 Å². The summed E-state index contributed by atoms with van der Waals surface area (Å²) in [6, 6.07) is 14.1. The van der Waals surface area contributed by atoms with E-state index in [0.29, 0.717) is 15.8 Å². The molecule has 0 bridgehead atoms. The van der Waals surface area contributed by atoms with Crippen LogP contribution in [0.4, 0.5) is 5.69 Å². The fourth-order valence-corrected chi connectivity index (χ4v) is 3.48. The highest BCUT2D eigenvalue weighted by Gasteiger charge is 2.16. The van der Waals surface area contributed by atoms with Gasteiger partial charge in [0.2, 0.25) is 0 Å². The Balaban J connectivity index is 1.70. The lowest BCUT2D eigenvalue weighted by molar-refractivity contribution is -0.136.